The number of nitrogens with zero attached hydrogens (tertiary/aromatic N) is 2. The van der Waals surface area contributed by atoms with Crippen LogP contribution in [0.4, 0.5) is 0 Å². The van der Waals surface area contributed by atoms with E-state index in [1.54, 1.807) is 13.1 Å². The predicted molar refractivity (Wildman–Crippen MR) is 101 cm³/mol. The van der Waals surface area contributed by atoms with Crippen LogP contribution in [-0.4, -0.2) is 28.8 Å². The second-order valence-electron chi connectivity index (χ2n) is 5.88. The molecule has 7 nitrogen and oxygen atoms in total. The van der Waals surface area contributed by atoms with Gasteiger partial charge in [-0.15, -0.1) is 0 Å². The molecule has 7 heteroatoms. The number of hydrogen-bond donors (Lipinski definition) is 3. The molecule has 3 rings (SSSR count). The van der Waals surface area contributed by atoms with E-state index in [9.17, 15) is 4.79 Å². The Balaban J connectivity index is 1.62. The fourth-order valence-electron chi connectivity index (χ4n) is 2.48. The number of carbonyl (C=O) groups excluding carboxylic acids is 1. The molecule has 1 amide bonds. The molecule has 0 spiro atoms. The highest BCUT2D eigenvalue weighted by Crippen LogP contribution is 2.15. The van der Waals surface area contributed by atoms with Gasteiger partial charge in [-0.1, -0.05) is 42.5 Å². The molecule has 0 aliphatic heterocycles. The zero-order valence-corrected chi connectivity index (χ0v) is 14.5. The molecule has 134 valence electrons. The van der Waals surface area contributed by atoms with E-state index in [0.717, 1.165) is 22.0 Å². The molecule has 0 aliphatic rings. The van der Waals surface area contributed by atoms with Crippen molar-refractivity contribution in [2.24, 2.45) is 16.6 Å². The molecule has 0 unspecified atom stereocenters. The Morgan fingerprint density at radius 3 is 2.54 bits per heavy atom. The van der Waals surface area contributed by atoms with Crippen molar-refractivity contribution in [2.75, 3.05) is 7.05 Å². The highest BCUT2D eigenvalue weighted by atomic mass is 16.6. The average Bonchev–Trinajstić information content (AvgIpc) is 3.11. The molecule has 1 heterocycles. The summed E-state index contributed by atoms with van der Waals surface area (Å²) in [6, 6.07) is 17.1. The number of aromatic nitrogens is 1. The quantitative estimate of drug-likeness (QED) is 0.372. The van der Waals surface area contributed by atoms with Crippen molar-refractivity contribution in [3.05, 3.63) is 71.4 Å². The fourth-order valence-corrected chi connectivity index (χ4v) is 2.48. The number of para-hydroxylation sites is 1. The number of H-pyrrole nitrogens is 1. The minimum absolute atomic E-state index is 0.0211. The van der Waals surface area contributed by atoms with Crippen molar-refractivity contribution in [3.63, 3.8) is 0 Å². The number of carbonyl (C=O) groups is 1. The molecule has 0 radical (unpaired) electrons. The first-order chi connectivity index (χ1) is 12.6. The van der Waals surface area contributed by atoms with Crippen molar-refractivity contribution in [1.82, 2.24) is 9.88 Å². The molecule has 0 saturated carbocycles. The lowest BCUT2D eigenvalue weighted by Crippen LogP contribution is -2.39. The number of hydrogen-bond acceptors (Lipinski definition) is 4. The number of oxime groups is 1. The number of guanidine groups is 1. The lowest BCUT2D eigenvalue weighted by atomic mass is 10.1. The predicted octanol–water partition coefficient (Wildman–Crippen LogP) is 2.15. The summed E-state index contributed by atoms with van der Waals surface area (Å²) >= 11 is 0. The van der Waals surface area contributed by atoms with Gasteiger partial charge in [-0.05, 0) is 28.4 Å². The maximum atomic E-state index is 12.5. The van der Waals surface area contributed by atoms with Crippen molar-refractivity contribution in [3.8, 4) is 0 Å². The van der Waals surface area contributed by atoms with E-state index in [-0.39, 0.29) is 18.5 Å². The number of amides is 1. The molecule has 0 fully saturated rings. The van der Waals surface area contributed by atoms with Gasteiger partial charge in [0.25, 0.3) is 5.91 Å². The Hall–Kier alpha value is -3.32. The maximum absolute atomic E-state index is 12.5. The van der Waals surface area contributed by atoms with Crippen molar-refractivity contribution in [2.45, 2.75) is 13.2 Å². The topological polar surface area (TPSA) is 110 Å². The molecular weight excluding hydrogens is 330 g/mol. The van der Waals surface area contributed by atoms with Crippen LogP contribution in [0.1, 0.15) is 21.6 Å². The van der Waals surface area contributed by atoms with E-state index in [0.29, 0.717) is 12.2 Å². The molecule has 2 aromatic carbocycles. The number of rotatable bonds is 5. The molecule has 0 saturated heterocycles. The van der Waals surface area contributed by atoms with Crippen LogP contribution in [0.5, 0.6) is 0 Å². The molecule has 5 N–H and O–H groups in total. The SMILES string of the molecule is CN(C(=O)c1cc2ccccc2[nH]1)C(N)=NOCc1ccc(CN)cc1. The van der Waals surface area contributed by atoms with Crippen LogP contribution in [0.2, 0.25) is 0 Å². The summed E-state index contributed by atoms with van der Waals surface area (Å²) < 4.78 is 0. The van der Waals surface area contributed by atoms with E-state index in [4.69, 9.17) is 16.3 Å². The smallest absolute Gasteiger partial charge is 0.276 e. The summed E-state index contributed by atoms with van der Waals surface area (Å²) in [6.45, 7) is 0.743. The summed E-state index contributed by atoms with van der Waals surface area (Å²) in [5.74, 6) is -0.314. The fraction of sp³-hybridized carbons (Fsp3) is 0.158. The van der Waals surface area contributed by atoms with Gasteiger partial charge in [-0.25, -0.2) is 0 Å². The Morgan fingerprint density at radius 2 is 1.85 bits per heavy atom. The Kier molecular flexibility index (Phi) is 5.19. The van der Waals surface area contributed by atoms with Crippen LogP contribution in [0, 0.1) is 0 Å². The number of nitrogens with two attached hydrogens (primary N) is 2. The standard InChI is InChI=1S/C19H21N5O2/c1-24(18(25)17-10-15-4-2-3-5-16(15)22-17)19(21)23-26-12-14-8-6-13(11-20)7-9-14/h2-10,22H,11-12,20H2,1H3,(H2,21,23). The van der Waals surface area contributed by atoms with Crippen LogP contribution < -0.4 is 11.5 Å². The highest BCUT2D eigenvalue weighted by molar-refractivity contribution is 6.06. The molecular formula is C19H21N5O2. The third kappa shape index (κ3) is 3.84. The van der Waals surface area contributed by atoms with Gasteiger partial charge in [-0.3, -0.25) is 9.69 Å². The van der Waals surface area contributed by atoms with Gasteiger partial charge in [0.2, 0.25) is 5.96 Å². The number of fused-ring (bicyclic) bond motifs is 1. The van der Waals surface area contributed by atoms with Crippen molar-refractivity contribution >= 4 is 22.8 Å². The van der Waals surface area contributed by atoms with Gasteiger partial charge >= 0.3 is 0 Å². The number of aromatic amines is 1. The van der Waals surface area contributed by atoms with E-state index in [1.807, 2.05) is 48.5 Å². The van der Waals surface area contributed by atoms with Gasteiger partial charge in [-0.2, -0.15) is 0 Å². The second kappa shape index (κ2) is 7.71. The minimum atomic E-state index is -0.293. The first kappa shape index (κ1) is 17.5. The summed E-state index contributed by atoms with van der Waals surface area (Å²) in [7, 11) is 1.55. The minimum Gasteiger partial charge on any atom is -0.388 e. The first-order valence-corrected chi connectivity index (χ1v) is 8.17. The van der Waals surface area contributed by atoms with Gasteiger partial charge in [0, 0.05) is 24.5 Å². The van der Waals surface area contributed by atoms with Crippen LogP contribution in [0.3, 0.4) is 0 Å². The number of benzene rings is 2. The van der Waals surface area contributed by atoms with Crippen molar-refractivity contribution in [1.29, 1.82) is 0 Å². The van der Waals surface area contributed by atoms with Crippen LogP contribution in [0.15, 0.2) is 59.8 Å². The molecule has 3 aromatic rings. The summed E-state index contributed by atoms with van der Waals surface area (Å²) in [5.41, 5.74) is 14.7. The van der Waals surface area contributed by atoms with Crippen LogP contribution in [-0.2, 0) is 18.0 Å². The summed E-state index contributed by atoms with van der Waals surface area (Å²) in [4.78, 5) is 22.1. The summed E-state index contributed by atoms with van der Waals surface area (Å²) in [5, 5.41) is 4.78. The zero-order chi connectivity index (χ0) is 18.5. The molecule has 0 atom stereocenters. The second-order valence-corrected chi connectivity index (χ2v) is 5.88. The van der Waals surface area contributed by atoms with Gasteiger partial charge < -0.3 is 21.3 Å². The Labute approximate surface area is 151 Å². The van der Waals surface area contributed by atoms with Crippen LogP contribution >= 0.6 is 0 Å². The largest absolute Gasteiger partial charge is 0.388 e. The monoisotopic (exact) mass is 351 g/mol. The maximum Gasteiger partial charge on any atom is 0.276 e. The van der Waals surface area contributed by atoms with Gasteiger partial charge in [0.15, 0.2) is 0 Å². The van der Waals surface area contributed by atoms with Gasteiger partial charge in [0.05, 0.1) is 0 Å². The first-order valence-electron chi connectivity index (χ1n) is 8.17. The molecule has 1 aromatic heterocycles. The van der Waals surface area contributed by atoms with Crippen LogP contribution in [0.25, 0.3) is 10.9 Å². The molecule has 0 bridgehead atoms. The lowest BCUT2D eigenvalue weighted by Gasteiger charge is -2.14. The third-order valence-electron chi connectivity index (χ3n) is 4.06. The highest BCUT2D eigenvalue weighted by Gasteiger charge is 2.17. The third-order valence-corrected chi connectivity index (χ3v) is 4.06. The van der Waals surface area contributed by atoms with Crippen molar-refractivity contribution < 1.29 is 9.63 Å². The van der Waals surface area contributed by atoms with Gasteiger partial charge in [0.1, 0.15) is 12.3 Å². The molecule has 26 heavy (non-hydrogen) atoms. The van der Waals surface area contributed by atoms with E-state index in [1.165, 1.54) is 4.90 Å². The zero-order valence-electron chi connectivity index (χ0n) is 14.5. The normalized spacial score (nSPS) is 11.5. The summed E-state index contributed by atoms with van der Waals surface area (Å²) in [6.07, 6.45) is 0. The molecule has 0 aliphatic carbocycles. The Morgan fingerprint density at radius 1 is 1.15 bits per heavy atom. The Bertz CT molecular complexity index is 898. The lowest BCUT2D eigenvalue weighted by molar-refractivity contribution is 0.0845. The van der Waals surface area contributed by atoms with E-state index >= 15 is 0 Å². The average molecular weight is 351 g/mol. The van der Waals surface area contributed by atoms with E-state index in [2.05, 4.69) is 10.1 Å². The van der Waals surface area contributed by atoms with E-state index < -0.39 is 0 Å². The number of nitrogens with one attached hydrogen (secondary N) is 1.